The molecule has 1 fully saturated rings. The van der Waals surface area contributed by atoms with E-state index in [4.69, 9.17) is 4.74 Å². The van der Waals surface area contributed by atoms with Gasteiger partial charge in [0.1, 0.15) is 5.69 Å². The summed E-state index contributed by atoms with van der Waals surface area (Å²) in [7, 11) is -3.37. The minimum Gasteiger partial charge on any atom is -0.379 e. The van der Waals surface area contributed by atoms with Crippen LogP contribution in [0.2, 0.25) is 0 Å². The Morgan fingerprint density at radius 2 is 1.95 bits per heavy atom. The van der Waals surface area contributed by atoms with Crippen LogP contribution in [0.3, 0.4) is 0 Å². The van der Waals surface area contributed by atoms with Gasteiger partial charge in [0.2, 0.25) is 10.0 Å². The molecule has 8 nitrogen and oxygen atoms in total. The van der Waals surface area contributed by atoms with Crippen molar-refractivity contribution in [2.75, 3.05) is 43.9 Å². The van der Waals surface area contributed by atoms with Crippen molar-refractivity contribution in [3.63, 3.8) is 0 Å². The van der Waals surface area contributed by atoms with Crippen LogP contribution in [0.25, 0.3) is 0 Å². The molecule has 1 aliphatic heterocycles. The number of para-hydroxylation sites is 2. The summed E-state index contributed by atoms with van der Waals surface area (Å²) in [6, 6.07) is 6.15. The van der Waals surface area contributed by atoms with Crippen LogP contribution in [0.4, 0.5) is 11.4 Å². The van der Waals surface area contributed by atoms with E-state index in [0.717, 1.165) is 0 Å². The number of nitro groups is 1. The fourth-order valence-corrected chi connectivity index (χ4v) is 3.37. The Morgan fingerprint density at radius 3 is 2.62 bits per heavy atom. The highest BCUT2D eigenvalue weighted by Gasteiger charge is 2.24. The molecule has 1 aromatic rings. The van der Waals surface area contributed by atoms with Crippen LogP contribution < -0.4 is 5.32 Å². The van der Waals surface area contributed by atoms with E-state index >= 15 is 0 Å². The van der Waals surface area contributed by atoms with Gasteiger partial charge in [-0.05, 0) is 6.07 Å². The second kappa shape index (κ2) is 6.83. The molecule has 0 aromatic heterocycles. The molecule has 1 aliphatic rings. The molecule has 1 saturated heterocycles. The van der Waals surface area contributed by atoms with Gasteiger partial charge in [-0.15, -0.1) is 0 Å². The summed E-state index contributed by atoms with van der Waals surface area (Å²) in [4.78, 5) is 10.4. The zero-order valence-corrected chi connectivity index (χ0v) is 12.2. The Bertz CT molecular complexity index is 599. The molecule has 1 aromatic carbocycles. The van der Waals surface area contributed by atoms with Crippen LogP contribution in [-0.2, 0) is 14.8 Å². The molecule has 1 N–H and O–H groups in total. The molecular formula is C12H17N3O5S. The Balaban J connectivity index is 1.93. The Labute approximate surface area is 122 Å². The Hall–Kier alpha value is -1.71. The first kappa shape index (κ1) is 15.7. The van der Waals surface area contributed by atoms with E-state index in [9.17, 15) is 18.5 Å². The fraction of sp³-hybridized carbons (Fsp3) is 0.500. The first-order chi connectivity index (χ1) is 10.0. The number of nitro benzene ring substituents is 1. The van der Waals surface area contributed by atoms with Gasteiger partial charge in [0.25, 0.3) is 5.69 Å². The van der Waals surface area contributed by atoms with Crippen LogP contribution in [0.15, 0.2) is 24.3 Å². The first-order valence-corrected chi connectivity index (χ1v) is 8.14. The number of rotatable bonds is 6. The molecule has 0 amide bonds. The summed E-state index contributed by atoms with van der Waals surface area (Å²) in [6.45, 7) is 1.62. The number of hydrogen-bond donors (Lipinski definition) is 1. The maximum absolute atomic E-state index is 12.1. The zero-order chi connectivity index (χ0) is 15.3. The smallest absolute Gasteiger partial charge is 0.292 e. The number of anilines is 1. The van der Waals surface area contributed by atoms with Crippen LogP contribution in [-0.4, -0.2) is 56.2 Å². The van der Waals surface area contributed by atoms with Crippen molar-refractivity contribution >= 4 is 21.4 Å². The van der Waals surface area contributed by atoms with E-state index < -0.39 is 14.9 Å². The zero-order valence-electron chi connectivity index (χ0n) is 11.4. The molecule has 0 atom stereocenters. The predicted octanol–water partition coefficient (Wildman–Crippen LogP) is 0.669. The van der Waals surface area contributed by atoms with Gasteiger partial charge in [-0.2, -0.15) is 4.31 Å². The topological polar surface area (TPSA) is 102 Å². The average molecular weight is 315 g/mol. The van der Waals surface area contributed by atoms with E-state index in [0.29, 0.717) is 32.0 Å². The monoisotopic (exact) mass is 315 g/mol. The molecular weight excluding hydrogens is 298 g/mol. The maximum Gasteiger partial charge on any atom is 0.292 e. The molecule has 21 heavy (non-hydrogen) atoms. The SMILES string of the molecule is O=[N+]([O-])c1ccccc1NCCS(=O)(=O)N1CCOCC1. The molecule has 0 unspecified atom stereocenters. The number of nitrogens with one attached hydrogen (secondary N) is 1. The molecule has 116 valence electrons. The van der Waals surface area contributed by atoms with Crippen molar-refractivity contribution in [1.82, 2.24) is 4.31 Å². The highest BCUT2D eigenvalue weighted by atomic mass is 32.2. The lowest BCUT2D eigenvalue weighted by atomic mass is 10.2. The second-order valence-electron chi connectivity index (χ2n) is 4.53. The molecule has 1 heterocycles. The lowest BCUT2D eigenvalue weighted by Crippen LogP contribution is -2.42. The van der Waals surface area contributed by atoms with Crippen molar-refractivity contribution < 1.29 is 18.1 Å². The van der Waals surface area contributed by atoms with E-state index in [1.165, 1.54) is 10.4 Å². The predicted molar refractivity (Wildman–Crippen MR) is 77.8 cm³/mol. The highest BCUT2D eigenvalue weighted by Crippen LogP contribution is 2.22. The summed E-state index contributed by atoms with van der Waals surface area (Å²) in [6.07, 6.45) is 0. The largest absolute Gasteiger partial charge is 0.379 e. The van der Waals surface area contributed by atoms with Gasteiger partial charge in [0, 0.05) is 25.7 Å². The Morgan fingerprint density at radius 1 is 1.29 bits per heavy atom. The molecule has 0 radical (unpaired) electrons. The Kier molecular flexibility index (Phi) is 5.10. The van der Waals surface area contributed by atoms with E-state index in [2.05, 4.69) is 5.32 Å². The van der Waals surface area contributed by atoms with Gasteiger partial charge in [-0.1, -0.05) is 12.1 Å². The number of ether oxygens (including phenoxy) is 1. The van der Waals surface area contributed by atoms with Gasteiger partial charge in [-0.25, -0.2) is 8.42 Å². The van der Waals surface area contributed by atoms with Crippen molar-refractivity contribution in [2.24, 2.45) is 0 Å². The minimum atomic E-state index is -3.37. The third kappa shape index (κ3) is 4.13. The van der Waals surface area contributed by atoms with Gasteiger partial charge in [0.05, 0.1) is 23.9 Å². The maximum atomic E-state index is 12.1. The first-order valence-electron chi connectivity index (χ1n) is 6.53. The van der Waals surface area contributed by atoms with Crippen LogP contribution >= 0.6 is 0 Å². The number of hydrogen-bond acceptors (Lipinski definition) is 6. The summed E-state index contributed by atoms with van der Waals surface area (Å²) >= 11 is 0. The third-order valence-electron chi connectivity index (χ3n) is 3.14. The quantitative estimate of drug-likeness (QED) is 0.611. The molecule has 2 rings (SSSR count). The van der Waals surface area contributed by atoms with E-state index in [1.54, 1.807) is 18.2 Å². The minimum absolute atomic E-state index is 0.0683. The lowest BCUT2D eigenvalue weighted by Gasteiger charge is -2.26. The van der Waals surface area contributed by atoms with Crippen LogP contribution in [0.5, 0.6) is 0 Å². The highest BCUT2D eigenvalue weighted by molar-refractivity contribution is 7.89. The van der Waals surface area contributed by atoms with Crippen molar-refractivity contribution in [3.05, 3.63) is 34.4 Å². The molecule has 0 saturated carbocycles. The molecule has 0 aliphatic carbocycles. The summed E-state index contributed by atoms with van der Waals surface area (Å²) in [5.74, 6) is -0.112. The third-order valence-corrected chi connectivity index (χ3v) is 5.01. The standard InChI is InChI=1S/C12H17N3O5S/c16-15(17)12-4-2-1-3-11(12)13-5-10-21(18,19)14-6-8-20-9-7-14/h1-4,13H,5-10H2. The number of nitrogens with zero attached hydrogens (tertiary/aromatic N) is 2. The number of sulfonamides is 1. The number of benzene rings is 1. The van der Waals surface area contributed by atoms with Crippen LogP contribution in [0, 0.1) is 10.1 Å². The molecule has 0 bridgehead atoms. The molecule has 0 spiro atoms. The summed E-state index contributed by atoms with van der Waals surface area (Å²) < 4.78 is 30.7. The van der Waals surface area contributed by atoms with Crippen LogP contribution in [0.1, 0.15) is 0 Å². The second-order valence-corrected chi connectivity index (χ2v) is 6.62. The van der Waals surface area contributed by atoms with E-state index in [1.807, 2.05) is 0 Å². The van der Waals surface area contributed by atoms with Gasteiger partial charge in [0.15, 0.2) is 0 Å². The van der Waals surface area contributed by atoms with E-state index in [-0.39, 0.29) is 18.0 Å². The summed E-state index contributed by atoms with van der Waals surface area (Å²) in [5, 5.41) is 13.7. The van der Waals surface area contributed by atoms with Gasteiger partial charge < -0.3 is 10.1 Å². The normalized spacial score (nSPS) is 16.6. The van der Waals surface area contributed by atoms with Crippen molar-refractivity contribution in [1.29, 1.82) is 0 Å². The summed E-state index contributed by atoms with van der Waals surface area (Å²) in [5.41, 5.74) is 0.251. The van der Waals surface area contributed by atoms with Gasteiger partial charge in [-0.3, -0.25) is 10.1 Å². The molecule has 9 heteroatoms. The average Bonchev–Trinajstić information content (AvgIpc) is 2.48. The van der Waals surface area contributed by atoms with Crippen molar-refractivity contribution in [3.8, 4) is 0 Å². The number of morpholine rings is 1. The lowest BCUT2D eigenvalue weighted by molar-refractivity contribution is -0.384. The van der Waals surface area contributed by atoms with Crippen molar-refractivity contribution in [2.45, 2.75) is 0 Å². The fourth-order valence-electron chi connectivity index (χ4n) is 2.05. The van der Waals surface area contributed by atoms with Gasteiger partial charge >= 0.3 is 0 Å².